The van der Waals surface area contributed by atoms with Gasteiger partial charge in [0.2, 0.25) is 0 Å². The molecule has 0 heterocycles. The minimum absolute atomic E-state index is 0.246. The Labute approximate surface area is 118 Å². The molecule has 3 nitrogen and oxygen atoms in total. The van der Waals surface area contributed by atoms with Crippen molar-refractivity contribution in [3.05, 3.63) is 65.2 Å². The summed E-state index contributed by atoms with van der Waals surface area (Å²) in [5.74, 6) is 0. The third-order valence-electron chi connectivity index (χ3n) is 3.35. The topological polar surface area (TPSA) is 54.4 Å². The molecular weight excluding hydrogens is 271 g/mol. The van der Waals surface area contributed by atoms with Crippen molar-refractivity contribution >= 4 is 18.2 Å². The second-order valence-corrected chi connectivity index (χ2v) is 6.72. The molecule has 0 fully saturated rings. The van der Waals surface area contributed by atoms with Crippen molar-refractivity contribution < 1.29 is 14.3 Å². The molecule has 1 N–H and O–H groups in total. The van der Waals surface area contributed by atoms with Crippen molar-refractivity contribution in [2.75, 3.05) is 0 Å². The molecule has 0 aliphatic heterocycles. The summed E-state index contributed by atoms with van der Waals surface area (Å²) in [6.45, 7) is 3.66. The maximum atomic E-state index is 12.7. The van der Waals surface area contributed by atoms with Crippen LogP contribution in [0.25, 0.3) is 0 Å². The molecule has 0 spiro atoms. The normalized spacial score (nSPS) is 13.8. The fraction of sp³-hybridized carbons (Fsp3) is 0.188. The Hall–Kier alpha value is -1.70. The summed E-state index contributed by atoms with van der Waals surface area (Å²) in [7, 11) is -4.08. The highest BCUT2D eigenvalue weighted by atomic mass is 31.2. The molecule has 0 aromatic heterocycles. The summed E-state index contributed by atoms with van der Waals surface area (Å²) in [6.07, 6.45) is 0.613. The highest BCUT2D eigenvalue weighted by Gasteiger charge is 2.34. The van der Waals surface area contributed by atoms with Crippen molar-refractivity contribution in [2.45, 2.75) is 20.3 Å². The molecule has 0 aliphatic rings. The molecule has 0 bridgehead atoms. The third-order valence-corrected chi connectivity index (χ3v) is 5.23. The van der Waals surface area contributed by atoms with E-state index in [2.05, 4.69) is 0 Å². The molecule has 0 amide bonds. The molecule has 0 saturated heterocycles. The van der Waals surface area contributed by atoms with Gasteiger partial charge in [-0.1, -0.05) is 49.4 Å². The highest BCUT2D eigenvalue weighted by Crippen LogP contribution is 2.44. The van der Waals surface area contributed by atoms with Gasteiger partial charge < -0.3 is 4.89 Å². The fourth-order valence-electron chi connectivity index (χ4n) is 2.19. The van der Waals surface area contributed by atoms with E-state index in [0.717, 1.165) is 5.56 Å². The van der Waals surface area contributed by atoms with Crippen molar-refractivity contribution in [1.29, 1.82) is 0 Å². The fourth-order valence-corrected chi connectivity index (χ4v) is 3.90. The van der Waals surface area contributed by atoms with Crippen LogP contribution in [0.4, 0.5) is 0 Å². The van der Waals surface area contributed by atoms with Crippen LogP contribution in [0.2, 0.25) is 0 Å². The van der Waals surface area contributed by atoms with Gasteiger partial charge >= 0.3 is 0 Å². The zero-order valence-electron chi connectivity index (χ0n) is 11.5. The predicted molar refractivity (Wildman–Crippen MR) is 80.8 cm³/mol. The zero-order valence-corrected chi connectivity index (χ0v) is 12.4. The van der Waals surface area contributed by atoms with E-state index < -0.39 is 12.9 Å². The van der Waals surface area contributed by atoms with Crippen LogP contribution >= 0.6 is 7.37 Å². The van der Waals surface area contributed by atoms with Crippen molar-refractivity contribution in [3.8, 4) is 0 Å². The summed E-state index contributed by atoms with van der Waals surface area (Å²) in [4.78, 5) is 22.8. The van der Waals surface area contributed by atoms with Crippen LogP contribution in [-0.2, 0) is 11.0 Å². The number of benzene rings is 2. The monoisotopic (exact) mass is 288 g/mol. The summed E-state index contributed by atoms with van der Waals surface area (Å²) in [6, 6.07) is 13.7. The quantitative estimate of drug-likeness (QED) is 0.878. The molecule has 20 heavy (non-hydrogen) atoms. The van der Waals surface area contributed by atoms with Gasteiger partial charge in [0.15, 0.2) is 0 Å². The van der Waals surface area contributed by atoms with Gasteiger partial charge in [-0.05, 0) is 30.5 Å². The average Bonchev–Trinajstić information content (AvgIpc) is 2.47. The smallest absolute Gasteiger partial charge is 0.298 e. The number of carbonyl (C=O) groups excluding carboxylic acids is 1. The van der Waals surface area contributed by atoms with E-state index in [4.69, 9.17) is 0 Å². The molecule has 1 unspecified atom stereocenters. The third kappa shape index (κ3) is 2.60. The average molecular weight is 288 g/mol. The van der Waals surface area contributed by atoms with E-state index in [-0.39, 0.29) is 5.30 Å². The van der Waals surface area contributed by atoms with Gasteiger partial charge in [-0.25, -0.2) is 0 Å². The predicted octanol–water partition coefficient (Wildman–Crippen LogP) is 3.29. The van der Waals surface area contributed by atoms with Gasteiger partial charge in [0.05, 0.1) is 0 Å². The summed E-state index contributed by atoms with van der Waals surface area (Å²) in [5.41, 5.74) is 1.06. The Morgan fingerprint density at radius 3 is 2.35 bits per heavy atom. The molecule has 2 rings (SSSR count). The largest absolute Gasteiger partial charge is 0.336 e. The van der Waals surface area contributed by atoms with Crippen molar-refractivity contribution in [1.82, 2.24) is 0 Å². The standard InChI is InChI=1S/C16H17O3P/c1-3-13-9-5-7-11-15(13)20(18,19)16(17)14-10-6-4-8-12(14)2/h4-11H,3H2,1-2H3,(H,18,19). The number of hydrogen-bond acceptors (Lipinski definition) is 2. The lowest BCUT2D eigenvalue weighted by Crippen LogP contribution is -2.17. The molecule has 4 heteroatoms. The first-order valence-electron chi connectivity index (χ1n) is 6.50. The first kappa shape index (κ1) is 14.7. The lowest BCUT2D eigenvalue weighted by Gasteiger charge is -2.15. The van der Waals surface area contributed by atoms with Crippen LogP contribution < -0.4 is 5.30 Å². The first-order chi connectivity index (χ1) is 9.48. The Morgan fingerprint density at radius 2 is 1.70 bits per heavy atom. The molecule has 0 radical (unpaired) electrons. The number of hydrogen-bond donors (Lipinski definition) is 1. The van der Waals surface area contributed by atoms with Crippen LogP contribution in [0.3, 0.4) is 0 Å². The van der Waals surface area contributed by atoms with Gasteiger partial charge in [-0.2, -0.15) is 0 Å². The maximum Gasteiger partial charge on any atom is 0.298 e. The van der Waals surface area contributed by atoms with Gasteiger partial charge in [0.1, 0.15) is 0 Å². The van der Waals surface area contributed by atoms with Crippen molar-refractivity contribution in [2.24, 2.45) is 0 Å². The van der Waals surface area contributed by atoms with Crippen LogP contribution in [0, 0.1) is 6.92 Å². The second-order valence-electron chi connectivity index (χ2n) is 4.68. The van der Waals surface area contributed by atoms with Crippen LogP contribution in [0.15, 0.2) is 48.5 Å². The Morgan fingerprint density at radius 1 is 1.10 bits per heavy atom. The van der Waals surface area contributed by atoms with Gasteiger partial charge in [-0.15, -0.1) is 0 Å². The molecule has 0 saturated carbocycles. The minimum Gasteiger partial charge on any atom is -0.336 e. The van der Waals surface area contributed by atoms with Crippen LogP contribution in [0.1, 0.15) is 28.4 Å². The minimum atomic E-state index is -4.08. The Balaban J connectivity index is 2.53. The van der Waals surface area contributed by atoms with E-state index in [1.54, 1.807) is 55.5 Å². The first-order valence-corrected chi connectivity index (χ1v) is 8.16. The van der Waals surface area contributed by atoms with Gasteiger partial charge in [0, 0.05) is 10.9 Å². The maximum absolute atomic E-state index is 12.7. The molecule has 1 atom stereocenters. The number of aryl methyl sites for hydroxylation is 2. The highest BCUT2D eigenvalue weighted by molar-refractivity contribution is 7.82. The van der Waals surface area contributed by atoms with E-state index in [9.17, 15) is 14.3 Å². The van der Waals surface area contributed by atoms with Gasteiger partial charge in [0.25, 0.3) is 12.9 Å². The van der Waals surface area contributed by atoms with Gasteiger partial charge in [-0.3, -0.25) is 9.36 Å². The summed E-state index contributed by atoms with van der Waals surface area (Å²) < 4.78 is 12.7. The molecular formula is C16H17O3P. The number of rotatable bonds is 4. The Bertz CT molecular complexity index is 692. The van der Waals surface area contributed by atoms with E-state index in [1.807, 2.05) is 6.92 Å². The van der Waals surface area contributed by atoms with E-state index >= 15 is 0 Å². The van der Waals surface area contributed by atoms with Crippen molar-refractivity contribution in [3.63, 3.8) is 0 Å². The zero-order chi connectivity index (χ0) is 14.8. The van der Waals surface area contributed by atoms with E-state index in [0.29, 0.717) is 17.5 Å². The molecule has 2 aromatic carbocycles. The number of carbonyl (C=O) groups is 1. The molecule has 0 aliphatic carbocycles. The Kier molecular flexibility index (Phi) is 4.22. The molecule has 2 aromatic rings. The lowest BCUT2D eigenvalue weighted by atomic mass is 10.1. The SMILES string of the molecule is CCc1ccccc1P(=O)(O)C(=O)c1ccccc1C. The second kappa shape index (κ2) is 5.74. The molecule has 104 valence electrons. The van der Waals surface area contributed by atoms with Crippen LogP contribution in [-0.4, -0.2) is 10.4 Å². The lowest BCUT2D eigenvalue weighted by molar-refractivity contribution is 0.106. The summed E-state index contributed by atoms with van der Waals surface area (Å²) >= 11 is 0. The van der Waals surface area contributed by atoms with E-state index in [1.165, 1.54) is 0 Å². The summed E-state index contributed by atoms with van der Waals surface area (Å²) in [5, 5.41) is 0.246. The van der Waals surface area contributed by atoms with Crippen LogP contribution in [0.5, 0.6) is 0 Å².